The maximum absolute atomic E-state index is 9.69. The van der Waals surface area contributed by atoms with Crippen molar-refractivity contribution in [3.63, 3.8) is 0 Å². The fourth-order valence-corrected chi connectivity index (χ4v) is 3.00. The van der Waals surface area contributed by atoms with Crippen LogP contribution in [-0.2, 0) is 11.2 Å². The number of aromatic nitrogens is 1. The van der Waals surface area contributed by atoms with Crippen LogP contribution in [0.2, 0.25) is 0 Å². The van der Waals surface area contributed by atoms with Crippen molar-refractivity contribution < 1.29 is 4.79 Å². The molecule has 0 atom stereocenters. The molecule has 0 unspecified atom stereocenters. The molecule has 0 aliphatic rings. The molecule has 0 fully saturated rings. The van der Waals surface area contributed by atoms with Crippen LogP contribution >= 0.6 is 15.9 Å². The number of nitrogens with zero attached hydrogens (tertiary/aromatic N) is 1. The third-order valence-electron chi connectivity index (χ3n) is 4.84. The molecule has 0 saturated heterocycles. The van der Waals surface area contributed by atoms with Gasteiger partial charge in [0.2, 0.25) is 0 Å². The minimum atomic E-state index is 0.0185. The second kappa shape index (κ2) is 19.9. The molecule has 0 aliphatic heterocycles. The standard InChI is InChI=1S/C10H13Br.C9H13N.C6H14.C4H6O/c1-4-9-5-8(3)10(11)6-7(9)2;1-7(2)9-5-4-8(3)10-6-9;1-3-5-6-4-2;1-3-4(2)5/h5-6H,4H2,1-3H3;4-7H,1-3H3;3-6H2,1-2H3;3H,1H2,2H3. The molecule has 0 saturated carbocycles. The zero-order valence-electron chi connectivity index (χ0n) is 22.0. The Kier molecular flexibility index (Phi) is 20.2. The van der Waals surface area contributed by atoms with E-state index in [1.165, 1.54) is 65.4 Å². The van der Waals surface area contributed by atoms with E-state index in [-0.39, 0.29) is 5.78 Å². The molecular weight excluding hydrogens is 458 g/mol. The van der Waals surface area contributed by atoms with E-state index in [0.717, 1.165) is 12.1 Å². The minimum absolute atomic E-state index is 0.0185. The molecule has 32 heavy (non-hydrogen) atoms. The second-order valence-corrected chi connectivity index (χ2v) is 9.15. The van der Waals surface area contributed by atoms with Gasteiger partial charge in [-0.2, -0.15) is 0 Å². The van der Waals surface area contributed by atoms with Gasteiger partial charge >= 0.3 is 0 Å². The van der Waals surface area contributed by atoms with Crippen molar-refractivity contribution in [2.75, 3.05) is 0 Å². The van der Waals surface area contributed by atoms with E-state index in [0.29, 0.717) is 5.92 Å². The fourth-order valence-electron chi connectivity index (χ4n) is 2.54. The third-order valence-corrected chi connectivity index (χ3v) is 5.70. The number of rotatable bonds is 6. The van der Waals surface area contributed by atoms with Gasteiger partial charge in [-0.15, -0.1) is 0 Å². The smallest absolute Gasteiger partial charge is 0.152 e. The van der Waals surface area contributed by atoms with Gasteiger partial charge in [-0.3, -0.25) is 9.78 Å². The lowest BCUT2D eigenvalue weighted by Crippen LogP contribution is -1.88. The first-order valence-corrected chi connectivity index (χ1v) is 12.6. The highest BCUT2D eigenvalue weighted by Gasteiger charge is 1.99. The summed E-state index contributed by atoms with van der Waals surface area (Å²) in [4.78, 5) is 13.9. The van der Waals surface area contributed by atoms with Crippen LogP contribution in [0.3, 0.4) is 0 Å². The average Bonchev–Trinajstić information content (AvgIpc) is 2.76. The number of carbonyl (C=O) groups is 1. The number of ketones is 1. The monoisotopic (exact) mass is 503 g/mol. The molecule has 0 bridgehead atoms. The van der Waals surface area contributed by atoms with E-state index in [2.05, 4.69) is 100 Å². The number of hydrogen-bond donors (Lipinski definition) is 0. The number of unbranched alkanes of at least 4 members (excludes halogenated alkanes) is 3. The zero-order valence-corrected chi connectivity index (χ0v) is 23.6. The number of allylic oxidation sites excluding steroid dienone is 1. The number of pyridine rings is 1. The lowest BCUT2D eigenvalue weighted by Gasteiger charge is -2.05. The van der Waals surface area contributed by atoms with E-state index in [9.17, 15) is 4.79 Å². The van der Waals surface area contributed by atoms with Crippen LogP contribution in [0, 0.1) is 20.8 Å². The highest BCUT2D eigenvalue weighted by Crippen LogP contribution is 2.21. The molecule has 3 heteroatoms. The number of hydrogen-bond acceptors (Lipinski definition) is 2. The fraction of sp³-hybridized carbons (Fsp3) is 0.517. The van der Waals surface area contributed by atoms with Crippen LogP contribution in [0.1, 0.15) is 101 Å². The summed E-state index contributed by atoms with van der Waals surface area (Å²) in [5.74, 6) is 0.609. The highest BCUT2D eigenvalue weighted by molar-refractivity contribution is 9.10. The Hall–Kier alpha value is -1.74. The Morgan fingerprint density at radius 3 is 1.91 bits per heavy atom. The summed E-state index contributed by atoms with van der Waals surface area (Å²) < 4.78 is 1.22. The number of halogens is 1. The quantitative estimate of drug-likeness (QED) is 0.290. The van der Waals surface area contributed by atoms with Crippen molar-refractivity contribution in [1.29, 1.82) is 0 Å². The molecule has 0 amide bonds. The van der Waals surface area contributed by atoms with E-state index in [1.54, 1.807) is 0 Å². The average molecular weight is 505 g/mol. The van der Waals surface area contributed by atoms with Crippen molar-refractivity contribution in [3.8, 4) is 0 Å². The van der Waals surface area contributed by atoms with Gasteiger partial charge in [-0.25, -0.2) is 0 Å². The lowest BCUT2D eigenvalue weighted by atomic mass is 10.0. The Balaban J connectivity index is 0. The molecule has 0 spiro atoms. The normalized spacial score (nSPS) is 9.47. The lowest BCUT2D eigenvalue weighted by molar-refractivity contribution is -0.112. The molecular formula is C29H46BrNO. The Bertz CT molecular complexity index is 759. The first-order valence-electron chi connectivity index (χ1n) is 11.8. The van der Waals surface area contributed by atoms with Gasteiger partial charge in [0.15, 0.2) is 5.78 Å². The Labute approximate surface area is 207 Å². The second-order valence-electron chi connectivity index (χ2n) is 8.29. The summed E-state index contributed by atoms with van der Waals surface area (Å²) in [5.41, 5.74) is 6.55. The summed E-state index contributed by atoms with van der Waals surface area (Å²) in [6.45, 7) is 22.0. The number of carbonyl (C=O) groups excluding carboxylic acids is 1. The predicted molar refractivity (Wildman–Crippen MR) is 147 cm³/mol. The van der Waals surface area contributed by atoms with E-state index < -0.39 is 0 Å². The van der Waals surface area contributed by atoms with Crippen LogP contribution in [0.4, 0.5) is 0 Å². The van der Waals surface area contributed by atoms with Crippen molar-refractivity contribution in [1.82, 2.24) is 4.98 Å². The van der Waals surface area contributed by atoms with Crippen molar-refractivity contribution in [2.45, 2.75) is 100 Å². The van der Waals surface area contributed by atoms with Gasteiger partial charge in [-0.1, -0.05) is 94.9 Å². The van der Waals surface area contributed by atoms with Crippen molar-refractivity contribution in [2.24, 2.45) is 0 Å². The molecule has 1 aromatic heterocycles. The Morgan fingerprint density at radius 1 is 1.03 bits per heavy atom. The first kappa shape index (κ1) is 32.4. The van der Waals surface area contributed by atoms with Gasteiger partial charge in [0.05, 0.1) is 0 Å². The van der Waals surface area contributed by atoms with Gasteiger partial charge in [0.1, 0.15) is 0 Å². The summed E-state index contributed by atoms with van der Waals surface area (Å²) in [6.07, 6.45) is 9.88. The molecule has 2 rings (SSSR count). The summed E-state index contributed by atoms with van der Waals surface area (Å²) in [5, 5.41) is 0. The van der Waals surface area contributed by atoms with Gasteiger partial charge in [0.25, 0.3) is 0 Å². The largest absolute Gasteiger partial charge is 0.295 e. The van der Waals surface area contributed by atoms with Crippen LogP contribution in [0.5, 0.6) is 0 Å². The molecule has 0 radical (unpaired) electrons. The van der Waals surface area contributed by atoms with Crippen LogP contribution in [-0.4, -0.2) is 10.8 Å². The molecule has 1 aromatic carbocycles. The molecule has 180 valence electrons. The predicted octanol–water partition coefficient (Wildman–Crippen LogP) is 9.49. The van der Waals surface area contributed by atoms with Crippen molar-refractivity contribution >= 4 is 21.7 Å². The van der Waals surface area contributed by atoms with Gasteiger partial charge in [0, 0.05) is 16.4 Å². The summed E-state index contributed by atoms with van der Waals surface area (Å²) in [7, 11) is 0. The number of benzene rings is 1. The topological polar surface area (TPSA) is 30.0 Å². The third kappa shape index (κ3) is 16.9. The van der Waals surface area contributed by atoms with Crippen molar-refractivity contribution in [3.05, 3.63) is 75.5 Å². The van der Waals surface area contributed by atoms with E-state index in [1.807, 2.05) is 13.1 Å². The maximum Gasteiger partial charge on any atom is 0.152 e. The van der Waals surface area contributed by atoms with E-state index >= 15 is 0 Å². The van der Waals surface area contributed by atoms with E-state index in [4.69, 9.17) is 0 Å². The molecule has 1 heterocycles. The molecule has 0 aliphatic carbocycles. The summed E-state index contributed by atoms with van der Waals surface area (Å²) in [6, 6.07) is 8.62. The summed E-state index contributed by atoms with van der Waals surface area (Å²) >= 11 is 3.51. The van der Waals surface area contributed by atoms with Crippen LogP contribution in [0.15, 0.2) is 47.6 Å². The molecule has 2 aromatic rings. The number of aryl methyl sites for hydroxylation is 4. The van der Waals surface area contributed by atoms with Gasteiger partial charge in [-0.05, 0) is 80.5 Å². The van der Waals surface area contributed by atoms with Crippen LogP contribution < -0.4 is 0 Å². The SMILES string of the molecule is C=CC(C)=O.CCCCCC.CCc1cc(C)c(Br)cc1C.Cc1ccc(C(C)C)cn1. The maximum atomic E-state index is 9.69. The zero-order chi connectivity index (χ0) is 25.1. The Morgan fingerprint density at radius 2 is 1.56 bits per heavy atom. The molecule has 0 N–H and O–H groups in total. The molecule has 2 nitrogen and oxygen atoms in total. The van der Waals surface area contributed by atoms with Crippen LogP contribution in [0.25, 0.3) is 0 Å². The highest BCUT2D eigenvalue weighted by atomic mass is 79.9. The minimum Gasteiger partial charge on any atom is -0.295 e. The first-order chi connectivity index (χ1) is 15.0. The van der Waals surface area contributed by atoms with Gasteiger partial charge < -0.3 is 0 Å².